The molecule has 0 saturated carbocycles. The van der Waals surface area contributed by atoms with Crippen LogP contribution < -0.4 is 0 Å². The van der Waals surface area contributed by atoms with Crippen molar-refractivity contribution in [3.63, 3.8) is 0 Å². The maximum absolute atomic E-state index is 11.7. The van der Waals surface area contributed by atoms with E-state index in [1.54, 1.807) is 11.3 Å². The van der Waals surface area contributed by atoms with Crippen LogP contribution in [-0.2, 0) is 11.2 Å². The topological polar surface area (TPSA) is 53.4 Å². The number of aromatic nitrogens is 1. The molecule has 1 aromatic heterocycles. The highest BCUT2D eigenvalue weighted by Gasteiger charge is 2.28. The van der Waals surface area contributed by atoms with Crippen LogP contribution in [0, 0.1) is 5.92 Å². The van der Waals surface area contributed by atoms with Crippen LogP contribution in [0.15, 0.2) is 5.38 Å². The van der Waals surface area contributed by atoms with Gasteiger partial charge in [0, 0.05) is 49.8 Å². The third-order valence-electron chi connectivity index (χ3n) is 3.25. The molecule has 2 heterocycles. The van der Waals surface area contributed by atoms with Gasteiger partial charge < -0.3 is 10.0 Å². The molecule has 0 aliphatic carbocycles. The van der Waals surface area contributed by atoms with Gasteiger partial charge in [-0.05, 0) is 0 Å². The molecule has 1 aliphatic heterocycles. The van der Waals surface area contributed by atoms with Gasteiger partial charge in [-0.1, -0.05) is 13.8 Å². The Kier molecular flexibility index (Phi) is 4.35. The van der Waals surface area contributed by atoms with E-state index in [0.29, 0.717) is 18.9 Å². The minimum Gasteiger partial charge on any atom is -0.396 e. The van der Waals surface area contributed by atoms with Gasteiger partial charge in [-0.2, -0.15) is 0 Å². The summed E-state index contributed by atoms with van der Waals surface area (Å²) in [6.07, 6.45) is 1.30. The van der Waals surface area contributed by atoms with Crippen molar-refractivity contribution in [1.82, 2.24) is 9.88 Å². The zero-order valence-electron chi connectivity index (χ0n) is 10.9. The number of rotatable bonds is 5. The molecular weight excluding hydrogens is 248 g/mol. The molecule has 0 aromatic carbocycles. The van der Waals surface area contributed by atoms with E-state index >= 15 is 0 Å². The van der Waals surface area contributed by atoms with Crippen molar-refractivity contribution >= 4 is 17.2 Å². The smallest absolute Gasteiger partial charge is 0.223 e. The summed E-state index contributed by atoms with van der Waals surface area (Å²) in [4.78, 5) is 18.1. The summed E-state index contributed by atoms with van der Waals surface area (Å²) < 4.78 is 0. The summed E-state index contributed by atoms with van der Waals surface area (Å²) >= 11 is 1.69. The Morgan fingerprint density at radius 3 is 2.94 bits per heavy atom. The van der Waals surface area contributed by atoms with Gasteiger partial charge in [0.1, 0.15) is 0 Å². The minimum atomic E-state index is 0.108. The molecule has 18 heavy (non-hydrogen) atoms. The van der Waals surface area contributed by atoms with Gasteiger partial charge in [-0.25, -0.2) is 4.98 Å². The first kappa shape index (κ1) is 13.5. The van der Waals surface area contributed by atoms with Gasteiger partial charge in [0.15, 0.2) is 0 Å². The van der Waals surface area contributed by atoms with Crippen molar-refractivity contribution in [3.05, 3.63) is 16.1 Å². The quantitative estimate of drug-likeness (QED) is 0.883. The van der Waals surface area contributed by atoms with Gasteiger partial charge in [-0.3, -0.25) is 4.79 Å². The first-order valence-electron chi connectivity index (χ1n) is 6.43. The Labute approximate surface area is 112 Å². The van der Waals surface area contributed by atoms with Crippen LogP contribution in [-0.4, -0.2) is 40.6 Å². The number of amides is 1. The van der Waals surface area contributed by atoms with E-state index in [1.807, 2.05) is 4.90 Å². The van der Waals surface area contributed by atoms with E-state index < -0.39 is 0 Å². The molecule has 1 aromatic rings. The molecule has 4 nitrogen and oxygen atoms in total. The Morgan fingerprint density at radius 1 is 1.61 bits per heavy atom. The lowest BCUT2D eigenvalue weighted by atomic mass is 10.1. The van der Waals surface area contributed by atoms with Crippen molar-refractivity contribution in [2.24, 2.45) is 5.92 Å². The maximum atomic E-state index is 11.7. The Hall–Kier alpha value is -0.940. The average molecular weight is 268 g/mol. The molecule has 1 aliphatic rings. The summed E-state index contributed by atoms with van der Waals surface area (Å²) in [5, 5.41) is 12.3. The molecule has 1 unspecified atom stereocenters. The van der Waals surface area contributed by atoms with Crippen molar-refractivity contribution in [1.29, 1.82) is 0 Å². The maximum Gasteiger partial charge on any atom is 0.223 e. The standard InChI is InChI=1S/C13H20N2O2S/c1-9(2)13-14-11(8-18-13)3-4-15-6-10(7-16)5-12(15)17/h8-10,16H,3-7H2,1-2H3. The number of aliphatic hydroxyl groups excluding tert-OH is 1. The fourth-order valence-electron chi connectivity index (χ4n) is 2.14. The highest BCUT2D eigenvalue weighted by molar-refractivity contribution is 7.09. The molecule has 0 spiro atoms. The van der Waals surface area contributed by atoms with Gasteiger partial charge in [0.05, 0.1) is 10.7 Å². The largest absolute Gasteiger partial charge is 0.396 e. The molecule has 1 saturated heterocycles. The number of hydrogen-bond acceptors (Lipinski definition) is 4. The summed E-state index contributed by atoms with van der Waals surface area (Å²) in [6, 6.07) is 0. The second-order valence-corrected chi connectivity index (χ2v) is 6.06. The molecule has 1 atom stereocenters. The second kappa shape index (κ2) is 5.80. The van der Waals surface area contributed by atoms with Crippen LogP contribution in [0.4, 0.5) is 0 Å². The monoisotopic (exact) mass is 268 g/mol. The summed E-state index contributed by atoms with van der Waals surface area (Å²) in [5.74, 6) is 0.753. The van der Waals surface area contributed by atoms with Crippen molar-refractivity contribution in [2.45, 2.75) is 32.6 Å². The number of thiazole rings is 1. The number of aliphatic hydroxyl groups is 1. The predicted octanol–water partition coefficient (Wildman–Crippen LogP) is 1.65. The number of likely N-dealkylation sites (tertiary alicyclic amines) is 1. The van der Waals surface area contributed by atoms with Crippen LogP contribution in [0.1, 0.15) is 36.9 Å². The Balaban J connectivity index is 1.86. The lowest BCUT2D eigenvalue weighted by Gasteiger charge is -2.15. The van der Waals surface area contributed by atoms with Gasteiger partial charge in [0.25, 0.3) is 0 Å². The molecule has 0 bridgehead atoms. The Bertz CT molecular complexity index is 417. The van der Waals surface area contributed by atoms with E-state index in [2.05, 4.69) is 24.2 Å². The van der Waals surface area contributed by atoms with Crippen LogP contribution in [0.3, 0.4) is 0 Å². The highest BCUT2D eigenvalue weighted by Crippen LogP contribution is 2.21. The summed E-state index contributed by atoms with van der Waals surface area (Å²) in [5.41, 5.74) is 1.07. The molecule has 5 heteroatoms. The zero-order valence-corrected chi connectivity index (χ0v) is 11.7. The van der Waals surface area contributed by atoms with Gasteiger partial charge in [0.2, 0.25) is 5.91 Å². The van der Waals surface area contributed by atoms with E-state index in [4.69, 9.17) is 5.11 Å². The van der Waals surface area contributed by atoms with Gasteiger partial charge in [-0.15, -0.1) is 11.3 Å². The van der Waals surface area contributed by atoms with E-state index in [1.165, 1.54) is 0 Å². The third kappa shape index (κ3) is 3.09. The fourth-order valence-corrected chi connectivity index (χ4v) is 3.01. The molecule has 1 amide bonds. The molecule has 1 fully saturated rings. The molecule has 0 radical (unpaired) electrons. The van der Waals surface area contributed by atoms with E-state index in [0.717, 1.165) is 23.7 Å². The normalized spacial score (nSPS) is 20.1. The van der Waals surface area contributed by atoms with Crippen LogP contribution in [0.5, 0.6) is 0 Å². The lowest BCUT2D eigenvalue weighted by molar-refractivity contribution is -0.127. The third-order valence-corrected chi connectivity index (χ3v) is 4.45. The summed E-state index contributed by atoms with van der Waals surface area (Å²) in [6.45, 7) is 5.79. The molecular formula is C13H20N2O2S. The molecule has 2 rings (SSSR count). The number of nitrogens with zero attached hydrogens (tertiary/aromatic N) is 2. The fraction of sp³-hybridized carbons (Fsp3) is 0.692. The van der Waals surface area contributed by atoms with Crippen LogP contribution in [0.2, 0.25) is 0 Å². The zero-order chi connectivity index (χ0) is 13.1. The van der Waals surface area contributed by atoms with E-state index in [-0.39, 0.29) is 18.4 Å². The highest BCUT2D eigenvalue weighted by atomic mass is 32.1. The molecule has 100 valence electrons. The van der Waals surface area contributed by atoms with Crippen LogP contribution in [0.25, 0.3) is 0 Å². The van der Waals surface area contributed by atoms with Crippen LogP contribution >= 0.6 is 11.3 Å². The predicted molar refractivity (Wildman–Crippen MR) is 71.7 cm³/mol. The number of hydrogen-bond donors (Lipinski definition) is 1. The average Bonchev–Trinajstić information content (AvgIpc) is 2.93. The lowest BCUT2D eigenvalue weighted by Crippen LogP contribution is -2.28. The second-order valence-electron chi connectivity index (χ2n) is 5.17. The van der Waals surface area contributed by atoms with Crippen molar-refractivity contribution in [2.75, 3.05) is 19.7 Å². The minimum absolute atomic E-state index is 0.108. The first-order chi connectivity index (χ1) is 8.60. The first-order valence-corrected chi connectivity index (χ1v) is 7.31. The van der Waals surface area contributed by atoms with Gasteiger partial charge >= 0.3 is 0 Å². The van der Waals surface area contributed by atoms with Crippen molar-refractivity contribution in [3.8, 4) is 0 Å². The summed E-state index contributed by atoms with van der Waals surface area (Å²) in [7, 11) is 0. The van der Waals surface area contributed by atoms with E-state index in [9.17, 15) is 4.79 Å². The van der Waals surface area contributed by atoms with Crippen molar-refractivity contribution < 1.29 is 9.90 Å². The number of carbonyl (C=O) groups is 1. The number of carbonyl (C=O) groups excluding carboxylic acids is 1. The molecule has 1 N–H and O–H groups in total. The Morgan fingerprint density at radius 2 is 2.39 bits per heavy atom. The SMILES string of the molecule is CC(C)c1nc(CCN2CC(CO)CC2=O)cs1.